The largest absolute Gasteiger partial charge is 0.393 e. The number of nitrogens with zero attached hydrogens (tertiary/aromatic N) is 2. The van der Waals surface area contributed by atoms with Crippen LogP contribution < -0.4 is 5.32 Å². The number of aliphatic hydroxyl groups excluding tert-OH is 1. The molecule has 0 aliphatic heterocycles. The van der Waals surface area contributed by atoms with Gasteiger partial charge in [0.1, 0.15) is 5.82 Å². The number of aromatic nitrogens is 3. The van der Waals surface area contributed by atoms with Crippen molar-refractivity contribution in [2.24, 2.45) is 5.92 Å². The minimum absolute atomic E-state index is 0.152. The van der Waals surface area contributed by atoms with Gasteiger partial charge in [0.25, 0.3) is 5.91 Å². The number of halogens is 1. The maximum Gasteiger partial charge on any atom is 0.255 e. The zero-order valence-corrected chi connectivity index (χ0v) is 15.2. The SMILES string of the molecule is O=C(N[C@H](Cc1ccccn1)C1CC(O)C1)c1cn[nH]c1-c1cccc(F)c1. The van der Waals surface area contributed by atoms with E-state index in [9.17, 15) is 14.3 Å². The van der Waals surface area contributed by atoms with Crippen LogP contribution in [0.25, 0.3) is 11.3 Å². The highest BCUT2D eigenvalue weighted by Gasteiger charge is 2.35. The van der Waals surface area contributed by atoms with Crippen LogP contribution in [-0.2, 0) is 6.42 Å². The predicted molar refractivity (Wildman–Crippen MR) is 102 cm³/mol. The zero-order chi connectivity index (χ0) is 19.5. The van der Waals surface area contributed by atoms with Crippen LogP contribution in [0.15, 0.2) is 54.9 Å². The Kier molecular flexibility index (Phi) is 5.16. The van der Waals surface area contributed by atoms with Crippen molar-refractivity contribution in [1.29, 1.82) is 0 Å². The molecule has 4 rings (SSSR count). The molecule has 0 spiro atoms. The number of pyridine rings is 1. The Morgan fingerprint density at radius 1 is 1.29 bits per heavy atom. The first-order chi connectivity index (χ1) is 13.6. The van der Waals surface area contributed by atoms with Gasteiger partial charge < -0.3 is 10.4 Å². The van der Waals surface area contributed by atoms with Gasteiger partial charge in [-0.05, 0) is 43.0 Å². The molecular weight excluding hydrogens is 359 g/mol. The first-order valence-electron chi connectivity index (χ1n) is 9.28. The van der Waals surface area contributed by atoms with Crippen molar-refractivity contribution in [2.75, 3.05) is 0 Å². The number of aromatic amines is 1. The molecule has 0 saturated heterocycles. The molecule has 1 aromatic carbocycles. The number of aliphatic hydroxyl groups is 1. The standard InChI is InChI=1S/C21H21FN4O2/c22-15-5-3-4-13(8-15)20-18(12-24-26-20)21(28)25-19(14-9-17(27)10-14)11-16-6-1-2-7-23-16/h1-8,12,14,17,19,27H,9-11H2,(H,24,26)(H,25,28)/t14?,17?,19-/m1/s1. The first kappa shape index (κ1) is 18.3. The summed E-state index contributed by atoms with van der Waals surface area (Å²) in [5, 5.41) is 19.5. The third-order valence-electron chi connectivity index (χ3n) is 5.19. The summed E-state index contributed by atoms with van der Waals surface area (Å²) in [5.74, 6) is -0.476. The molecular formula is C21H21FN4O2. The van der Waals surface area contributed by atoms with Crippen molar-refractivity contribution < 1.29 is 14.3 Å². The van der Waals surface area contributed by atoms with Gasteiger partial charge in [0.05, 0.1) is 23.6 Å². The summed E-state index contributed by atoms with van der Waals surface area (Å²) in [6.45, 7) is 0. The molecule has 1 amide bonds. The average molecular weight is 380 g/mol. The number of carbonyl (C=O) groups excluding carboxylic acids is 1. The van der Waals surface area contributed by atoms with Crippen molar-refractivity contribution in [3.05, 3.63) is 71.9 Å². The lowest BCUT2D eigenvalue weighted by molar-refractivity contribution is 0.0238. The van der Waals surface area contributed by atoms with E-state index in [4.69, 9.17) is 0 Å². The van der Waals surface area contributed by atoms with E-state index < -0.39 is 0 Å². The minimum Gasteiger partial charge on any atom is -0.393 e. The third kappa shape index (κ3) is 3.94. The van der Waals surface area contributed by atoms with Crippen LogP contribution in [0.4, 0.5) is 4.39 Å². The van der Waals surface area contributed by atoms with Crippen molar-refractivity contribution in [3.63, 3.8) is 0 Å². The third-order valence-corrected chi connectivity index (χ3v) is 5.19. The fourth-order valence-corrected chi connectivity index (χ4v) is 3.61. The normalized spacial score (nSPS) is 19.6. The van der Waals surface area contributed by atoms with Crippen LogP contribution in [0.3, 0.4) is 0 Å². The fourth-order valence-electron chi connectivity index (χ4n) is 3.61. The molecule has 3 N–H and O–H groups in total. The Morgan fingerprint density at radius 2 is 2.14 bits per heavy atom. The van der Waals surface area contributed by atoms with Gasteiger partial charge in [-0.3, -0.25) is 14.9 Å². The molecule has 1 aliphatic rings. The molecule has 0 unspecified atom stereocenters. The Hall–Kier alpha value is -3.06. The number of carbonyl (C=O) groups is 1. The molecule has 3 aromatic rings. The summed E-state index contributed by atoms with van der Waals surface area (Å²) in [5.41, 5.74) is 2.27. The maximum atomic E-state index is 13.6. The second-order valence-electron chi connectivity index (χ2n) is 7.16. The van der Waals surface area contributed by atoms with E-state index in [2.05, 4.69) is 20.5 Å². The number of amides is 1. The second kappa shape index (κ2) is 7.90. The Balaban J connectivity index is 1.54. The van der Waals surface area contributed by atoms with Crippen molar-refractivity contribution in [2.45, 2.75) is 31.4 Å². The predicted octanol–water partition coefficient (Wildman–Crippen LogP) is 2.72. The van der Waals surface area contributed by atoms with E-state index in [-0.39, 0.29) is 29.8 Å². The minimum atomic E-state index is -0.380. The molecule has 28 heavy (non-hydrogen) atoms. The van der Waals surface area contributed by atoms with Crippen molar-refractivity contribution in [3.8, 4) is 11.3 Å². The second-order valence-corrected chi connectivity index (χ2v) is 7.16. The van der Waals surface area contributed by atoms with Gasteiger partial charge in [0.15, 0.2) is 0 Å². The molecule has 0 radical (unpaired) electrons. The molecule has 2 aromatic heterocycles. The number of hydrogen-bond acceptors (Lipinski definition) is 4. The summed E-state index contributed by atoms with van der Waals surface area (Å²) >= 11 is 0. The van der Waals surface area contributed by atoms with Crippen molar-refractivity contribution in [1.82, 2.24) is 20.5 Å². The van der Waals surface area contributed by atoms with Gasteiger partial charge in [0.2, 0.25) is 0 Å². The van der Waals surface area contributed by atoms with E-state index in [1.54, 1.807) is 18.3 Å². The summed E-state index contributed by atoms with van der Waals surface area (Å²) in [7, 11) is 0. The van der Waals surface area contributed by atoms with Crippen LogP contribution in [0, 0.1) is 11.7 Å². The summed E-state index contributed by atoms with van der Waals surface area (Å²) in [6, 6.07) is 11.6. The molecule has 0 bridgehead atoms. The van der Waals surface area contributed by atoms with Gasteiger partial charge in [-0.25, -0.2) is 4.39 Å². The highest BCUT2D eigenvalue weighted by molar-refractivity contribution is 5.99. The highest BCUT2D eigenvalue weighted by atomic mass is 19.1. The van der Waals surface area contributed by atoms with E-state index >= 15 is 0 Å². The Labute approximate surface area is 161 Å². The molecule has 1 fully saturated rings. The summed E-state index contributed by atoms with van der Waals surface area (Å²) in [4.78, 5) is 17.3. The number of rotatable bonds is 6. The number of H-pyrrole nitrogens is 1. The van der Waals surface area contributed by atoms with Gasteiger partial charge in [-0.2, -0.15) is 5.10 Å². The van der Waals surface area contributed by atoms with Crippen LogP contribution in [0.5, 0.6) is 0 Å². The number of benzene rings is 1. The topological polar surface area (TPSA) is 90.9 Å². The average Bonchev–Trinajstić information content (AvgIpc) is 3.16. The molecule has 6 nitrogen and oxygen atoms in total. The molecule has 1 aliphatic carbocycles. The van der Waals surface area contributed by atoms with Crippen LogP contribution in [0.1, 0.15) is 28.9 Å². The Morgan fingerprint density at radius 3 is 2.86 bits per heavy atom. The maximum absolute atomic E-state index is 13.6. The molecule has 2 heterocycles. The molecule has 144 valence electrons. The van der Waals surface area contributed by atoms with Crippen LogP contribution in [-0.4, -0.2) is 38.3 Å². The smallest absolute Gasteiger partial charge is 0.255 e. The lowest BCUT2D eigenvalue weighted by atomic mass is 9.76. The fraction of sp³-hybridized carbons (Fsp3) is 0.286. The quantitative estimate of drug-likeness (QED) is 0.613. The Bertz CT molecular complexity index is 954. The number of nitrogens with one attached hydrogen (secondary N) is 2. The molecule has 1 saturated carbocycles. The van der Waals surface area contributed by atoms with Crippen LogP contribution >= 0.6 is 0 Å². The van der Waals surface area contributed by atoms with Crippen molar-refractivity contribution >= 4 is 5.91 Å². The molecule has 1 atom stereocenters. The van der Waals surface area contributed by atoms with E-state index in [0.29, 0.717) is 36.1 Å². The lowest BCUT2D eigenvalue weighted by Gasteiger charge is -2.38. The van der Waals surface area contributed by atoms with E-state index in [1.807, 2.05) is 18.2 Å². The number of hydrogen-bond donors (Lipinski definition) is 3. The highest BCUT2D eigenvalue weighted by Crippen LogP contribution is 2.32. The van der Waals surface area contributed by atoms with Gasteiger partial charge in [0, 0.05) is 29.9 Å². The summed E-state index contributed by atoms with van der Waals surface area (Å²) < 4.78 is 13.6. The lowest BCUT2D eigenvalue weighted by Crippen LogP contribution is -2.48. The van der Waals surface area contributed by atoms with Gasteiger partial charge in [-0.15, -0.1) is 0 Å². The van der Waals surface area contributed by atoms with Crippen LogP contribution in [0.2, 0.25) is 0 Å². The first-order valence-corrected chi connectivity index (χ1v) is 9.28. The monoisotopic (exact) mass is 380 g/mol. The van der Waals surface area contributed by atoms with Gasteiger partial charge >= 0.3 is 0 Å². The van der Waals surface area contributed by atoms with E-state index in [0.717, 1.165) is 5.69 Å². The van der Waals surface area contributed by atoms with E-state index in [1.165, 1.54) is 18.3 Å². The molecule has 7 heteroatoms. The zero-order valence-electron chi connectivity index (χ0n) is 15.2. The summed E-state index contributed by atoms with van der Waals surface area (Å²) in [6.07, 6.45) is 4.74. The van der Waals surface area contributed by atoms with Gasteiger partial charge in [-0.1, -0.05) is 18.2 Å².